The van der Waals surface area contributed by atoms with Crippen LogP contribution in [0.5, 0.6) is 0 Å². The molecule has 0 heterocycles. The summed E-state index contributed by atoms with van der Waals surface area (Å²) in [6.07, 6.45) is 0. The minimum absolute atomic E-state index is 0. The number of rotatable bonds is 0. The first-order valence-electron chi connectivity index (χ1n) is 2.82. The number of hydrogen-bond acceptors (Lipinski definition) is 2. The van der Waals surface area contributed by atoms with Gasteiger partial charge in [-0.15, -0.1) is 0 Å². The van der Waals surface area contributed by atoms with Crippen molar-refractivity contribution >= 4 is 5.91 Å². The van der Waals surface area contributed by atoms with Crippen LogP contribution in [0.2, 0.25) is 0 Å². The van der Waals surface area contributed by atoms with E-state index in [1.54, 1.807) is 14.1 Å². The van der Waals surface area contributed by atoms with E-state index in [9.17, 15) is 4.79 Å². The van der Waals surface area contributed by atoms with Crippen LogP contribution in [0.1, 0.15) is 8.35 Å². The fourth-order valence-electron chi connectivity index (χ4n) is 0. The van der Waals surface area contributed by atoms with Crippen molar-refractivity contribution in [2.45, 2.75) is 6.92 Å². The highest BCUT2D eigenvalue weighted by Crippen LogP contribution is 1.69. The molecule has 0 aliphatic heterocycles. The minimum atomic E-state index is 0. The first kappa shape index (κ1) is 11.3. The molecule has 1 N–H and O–H groups in total. The predicted octanol–water partition coefficient (Wildman–Crippen LogP) is 0.176. The number of carbonyl (C=O) groups is 1. The van der Waals surface area contributed by atoms with Gasteiger partial charge in [0.25, 0.3) is 0 Å². The van der Waals surface area contributed by atoms with E-state index >= 15 is 0 Å². The number of nitrogens with zero attached hydrogens (tertiary/aromatic N) is 1. The van der Waals surface area contributed by atoms with Gasteiger partial charge in [-0.1, -0.05) is 0 Å². The van der Waals surface area contributed by atoms with Gasteiger partial charge in [-0.2, -0.15) is 0 Å². The van der Waals surface area contributed by atoms with Crippen molar-refractivity contribution in [3.05, 3.63) is 0 Å². The molecule has 0 atom stereocenters. The highest BCUT2D eigenvalue weighted by Gasteiger charge is 1.87. The van der Waals surface area contributed by atoms with Gasteiger partial charge in [0.1, 0.15) is 0 Å². The van der Waals surface area contributed by atoms with Crippen molar-refractivity contribution in [1.82, 2.24) is 10.2 Å². The maximum atomic E-state index is 10.1. The lowest BCUT2D eigenvalue weighted by Crippen LogP contribution is -2.17. The van der Waals surface area contributed by atoms with E-state index < -0.39 is 0 Å². The third-order valence-corrected chi connectivity index (χ3v) is 0.630. The second-order valence-corrected chi connectivity index (χ2v) is 1.91. The monoisotopic (exact) mass is 136 g/mol. The average molecular weight is 136 g/mol. The maximum absolute atomic E-state index is 10.1. The molecule has 3 nitrogen and oxygen atoms in total. The smallest absolute Gasteiger partial charge is 0.218 e. The molecule has 0 saturated carbocycles. The predicted molar refractivity (Wildman–Crippen MR) is 41.5 cm³/mol. The van der Waals surface area contributed by atoms with Gasteiger partial charge in [-0.25, -0.2) is 0 Å². The van der Waals surface area contributed by atoms with E-state index in [0.29, 0.717) is 0 Å². The highest BCUT2D eigenvalue weighted by molar-refractivity contribution is 5.72. The van der Waals surface area contributed by atoms with E-state index in [4.69, 9.17) is 0 Å². The lowest BCUT2D eigenvalue weighted by molar-refractivity contribution is -0.126. The molecule has 0 aliphatic carbocycles. The number of nitrogens with one attached hydrogen (secondary N) is 1. The first-order valence-corrected chi connectivity index (χ1v) is 2.82. The molecule has 58 valence electrons. The van der Waals surface area contributed by atoms with Gasteiger partial charge in [-0.3, -0.25) is 4.79 Å². The topological polar surface area (TPSA) is 32.3 Å². The highest BCUT2D eigenvalue weighted by atomic mass is 16.2. The fourth-order valence-corrected chi connectivity index (χ4v) is 0. The summed E-state index contributed by atoms with van der Waals surface area (Å²) < 4.78 is 0. The number of carbonyl (C=O) groups excluding carboxylic acids is 1. The van der Waals surface area contributed by atoms with Crippen LogP contribution in [0.15, 0.2) is 0 Å². The second kappa shape index (κ2) is 7.43. The molecule has 3 heteroatoms. The van der Waals surface area contributed by atoms with E-state index in [0.717, 1.165) is 0 Å². The molecular weight excluding hydrogens is 116 g/mol. The summed E-state index contributed by atoms with van der Waals surface area (Å²) in [7, 11) is 7.20. The SMILES string of the molecule is CC(=O)N(C)C.CNC.[3HH]. The van der Waals surface area contributed by atoms with E-state index in [2.05, 4.69) is 5.32 Å². The van der Waals surface area contributed by atoms with Crippen LogP contribution in [0, 0.1) is 0 Å². The van der Waals surface area contributed by atoms with Crippen LogP contribution in [-0.2, 0) is 4.79 Å². The Morgan fingerprint density at radius 1 is 1.44 bits per heavy atom. The van der Waals surface area contributed by atoms with Crippen LogP contribution >= 0.6 is 0 Å². The van der Waals surface area contributed by atoms with E-state index in [-0.39, 0.29) is 7.33 Å². The Bertz CT molecular complexity index is 76.1. The van der Waals surface area contributed by atoms with Gasteiger partial charge >= 0.3 is 0 Å². The Labute approximate surface area is 58.5 Å². The number of hydrogen-bond donors (Lipinski definition) is 1. The third kappa shape index (κ3) is 18.6. The Balaban J connectivity index is -0.000000107. The summed E-state index contributed by atoms with van der Waals surface area (Å²) in [6, 6.07) is 0. The van der Waals surface area contributed by atoms with E-state index in [1.165, 1.54) is 11.8 Å². The Kier molecular flexibility index (Phi) is 9.29. The maximum Gasteiger partial charge on any atom is 0.218 e. The summed E-state index contributed by atoms with van der Waals surface area (Å²) in [5, 5.41) is 2.75. The molecule has 0 saturated heterocycles. The third-order valence-electron chi connectivity index (χ3n) is 0.630. The van der Waals surface area contributed by atoms with Gasteiger partial charge in [0.05, 0.1) is 0 Å². The average Bonchev–Trinajstić information content (AvgIpc) is 1.68. The van der Waals surface area contributed by atoms with Crippen molar-refractivity contribution in [2.75, 3.05) is 28.2 Å². The fraction of sp³-hybridized carbons (Fsp3) is 0.833. The molecule has 0 radical (unpaired) electrons. The van der Waals surface area contributed by atoms with Crippen molar-refractivity contribution < 1.29 is 6.22 Å². The Hall–Kier alpha value is -0.570. The van der Waals surface area contributed by atoms with Gasteiger partial charge in [0.2, 0.25) is 5.91 Å². The molecule has 0 fully saturated rings. The Morgan fingerprint density at radius 3 is 1.56 bits per heavy atom. The lowest BCUT2D eigenvalue weighted by atomic mass is 10.7. The van der Waals surface area contributed by atoms with Gasteiger partial charge in [-0.05, 0) is 14.1 Å². The van der Waals surface area contributed by atoms with E-state index in [1.807, 2.05) is 14.1 Å². The standard InChI is InChI=1S/C4H9NO.C2H7N.H2/c1-4(6)5(2)3;1-3-2;/h1-3H3;3H,1-2H3;1H/i;;1+2. The zero-order valence-corrected chi connectivity index (χ0v) is 6.86. The zero-order chi connectivity index (χ0) is 7.86. The molecule has 0 aromatic heterocycles. The summed E-state index contributed by atoms with van der Waals surface area (Å²) in [4.78, 5) is 11.6. The molecule has 9 heavy (non-hydrogen) atoms. The molecule has 0 bridgehead atoms. The summed E-state index contributed by atoms with van der Waals surface area (Å²) in [6.45, 7) is 1.53. The minimum Gasteiger partial charge on any atom is -0.349 e. The zero-order valence-electron chi connectivity index (χ0n) is 6.86. The van der Waals surface area contributed by atoms with Crippen LogP contribution in [-0.4, -0.2) is 39.0 Å². The van der Waals surface area contributed by atoms with Crippen LogP contribution in [0.4, 0.5) is 0 Å². The summed E-state index contributed by atoms with van der Waals surface area (Å²) in [5.74, 6) is 0.0926. The van der Waals surface area contributed by atoms with Crippen LogP contribution < -0.4 is 5.32 Å². The molecule has 0 aromatic carbocycles. The molecule has 0 rings (SSSR count). The van der Waals surface area contributed by atoms with Crippen molar-refractivity contribution in [3.63, 3.8) is 0 Å². The largest absolute Gasteiger partial charge is 0.349 e. The Morgan fingerprint density at radius 2 is 1.56 bits per heavy atom. The van der Waals surface area contributed by atoms with Gasteiger partial charge in [0.15, 0.2) is 0 Å². The molecule has 0 aromatic rings. The van der Waals surface area contributed by atoms with Crippen molar-refractivity contribution in [3.8, 4) is 0 Å². The van der Waals surface area contributed by atoms with Crippen molar-refractivity contribution in [1.29, 1.82) is 0 Å². The quantitative estimate of drug-likeness (QED) is 0.515. The molecule has 0 unspecified atom stereocenters. The second-order valence-electron chi connectivity index (χ2n) is 1.91. The lowest BCUT2D eigenvalue weighted by Gasteiger charge is -2.02. The first-order chi connectivity index (χ1) is 4.06. The molecule has 0 aliphatic rings. The molecular formula is C6H18N2O. The normalized spacial score (nSPS) is 7.22. The van der Waals surface area contributed by atoms with Gasteiger partial charge < -0.3 is 10.2 Å². The molecule has 0 spiro atoms. The number of amides is 1. The summed E-state index contributed by atoms with van der Waals surface area (Å²) in [5.41, 5.74) is 0. The molecule has 1 amide bonds. The van der Waals surface area contributed by atoms with Crippen molar-refractivity contribution in [2.24, 2.45) is 0 Å². The van der Waals surface area contributed by atoms with Crippen LogP contribution in [0.3, 0.4) is 0 Å². The van der Waals surface area contributed by atoms with Gasteiger partial charge in [0, 0.05) is 22.4 Å². The summed E-state index contributed by atoms with van der Waals surface area (Å²) >= 11 is 0. The van der Waals surface area contributed by atoms with Crippen LogP contribution in [0.25, 0.3) is 0 Å².